The average Bonchev–Trinajstić information content (AvgIpc) is 3.40. The molecule has 1 aromatic heterocycles. The minimum atomic E-state index is -0.698. The molecule has 1 aliphatic rings. The number of aryl methyl sites for hydroxylation is 1. The van der Waals surface area contributed by atoms with Gasteiger partial charge in [-0.2, -0.15) is 0 Å². The molecule has 4 rings (SSSR count). The van der Waals surface area contributed by atoms with E-state index in [4.69, 9.17) is 9.84 Å². The van der Waals surface area contributed by atoms with Gasteiger partial charge in [-0.1, -0.05) is 41.7 Å². The van der Waals surface area contributed by atoms with Gasteiger partial charge in [0, 0.05) is 5.69 Å². The molecule has 27 heavy (non-hydrogen) atoms. The van der Waals surface area contributed by atoms with Crippen LogP contribution < -0.4 is 10.1 Å². The molecule has 0 saturated heterocycles. The smallest absolute Gasteiger partial charge is 0.307 e. The maximum atomic E-state index is 11.0. The van der Waals surface area contributed by atoms with Crippen molar-refractivity contribution in [3.05, 3.63) is 70.7 Å². The first-order valence-corrected chi connectivity index (χ1v) is 9.67. The molecule has 0 bridgehead atoms. The predicted molar refractivity (Wildman–Crippen MR) is 106 cm³/mol. The SMILES string of the molecule is Cc1nc(Oc2ccccc2)sc1CNc1ccc([C@@H]2C[C@H]2C(=O)O)cc1. The highest BCUT2D eigenvalue weighted by molar-refractivity contribution is 7.13. The van der Waals surface area contributed by atoms with Crippen molar-refractivity contribution in [2.24, 2.45) is 5.92 Å². The Morgan fingerprint density at radius 1 is 1.22 bits per heavy atom. The molecule has 2 N–H and O–H groups in total. The van der Waals surface area contributed by atoms with Crippen LogP contribution in [0, 0.1) is 12.8 Å². The maximum Gasteiger partial charge on any atom is 0.307 e. The van der Waals surface area contributed by atoms with E-state index in [1.165, 1.54) is 11.3 Å². The van der Waals surface area contributed by atoms with E-state index in [1.54, 1.807) is 0 Å². The minimum Gasteiger partial charge on any atom is -0.481 e. The van der Waals surface area contributed by atoms with Crippen molar-refractivity contribution in [2.45, 2.75) is 25.8 Å². The lowest BCUT2D eigenvalue weighted by Gasteiger charge is -2.06. The van der Waals surface area contributed by atoms with Gasteiger partial charge in [0.25, 0.3) is 5.19 Å². The number of nitrogens with one attached hydrogen (secondary N) is 1. The molecule has 1 fully saturated rings. The van der Waals surface area contributed by atoms with Crippen molar-refractivity contribution >= 4 is 23.0 Å². The molecule has 0 spiro atoms. The van der Waals surface area contributed by atoms with Crippen LogP contribution in [0.3, 0.4) is 0 Å². The lowest BCUT2D eigenvalue weighted by molar-refractivity contribution is -0.138. The van der Waals surface area contributed by atoms with Crippen LogP contribution in [0.25, 0.3) is 0 Å². The van der Waals surface area contributed by atoms with Crippen molar-refractivity contribution in [1.29, 1.82) is 0 Å². The molecule has 1 saturated carbocycles. The molecule has 0 amide bonds. The van der Waals surface area contributed by atoms with Crippen LogP contribution in [0.1, 0.15) is 28.5 Å². The summed E-state index contributed by atoms with van der Waals surface area (Å²) in [6, 6.07) is 17.7. The van der Waals surface area contributed by atoms with Crippen LogP contribution in [-0.2, 0) is 11.3 Å². The number of carbonyl (C=O) groups is 1. The third-order valence-electron chi connectivity index (χ3n) is 4.72. The lowest BCUT2D eigenvalue weighted by Crippen LogP contribution is -2.00. The highest BCUT2D eigenvalue weighted by Gasteiger charge is 2.43. The van der Waals surface area contributed by atoms with Crippen LogP contribution in [0.5, 0.6) is 10.9 Å². The summed E-state index contributed by atoms with van der Waals surface area (Å²) in [6.45, 7) is 2.65. The van der Waals surface area contributed by atoms with Crippen molar-refractivity contribution < 1.29 is 14.6 Å². The van der Waals surface area contributed by atoms with E-state index < -0.39 is 5.97 Å². The zero-order chi connectivity index (χ0) is 18.8. The highest BCUT2D eigenvalue weighted by Crippen LogP contribution is 2.47. The monoisotopic (exact) mass is 380 g/mol. The van der Waals surface area contributed by atoms with Gasteiger partial charge in [0.15, 0.2) is 0 Å². The number of aliphatic carboxylic acids is 1. The van der Waals surface area contributed by atoms with Gasteiger partial charge >= 0.3 is 5.97 Å². The van der Waals surface area contributed by atoms with E-state index in [9.17, 15) is 4.79 Å². The van der Waals surface area contributed by atoms with Crippen LogP contribution in [0.15, 0.2) is 54.6 Å². The number of thiazole rings is 1. The van der Waals surface area contributed by atoms with E-state index in [0.717, 1.165) is 34.0 Å². The Kier molecular flexibility index (Phi) is 4.81. The first kappa shape index (κ1) is 17.5. The molecule has 1 heterocycles. The van der Waals surface area contributed by atoms with Gasteiger partial charge in [0.2, 0.25) is 0 Å². The van der Waals surface area contributed by atoms with Gasteiger partial charge in [0.05, 0.1) is 23.0 Å². The Balaban J connectivity index is 1.35. The van der Waals surface area contributed by atoms with Crippen LogP contribution in [0.2, 0.25) is 0 Å². The molecule has 0 aliphatic heterocycles. The summed E-state index contributed by atoms with van der Waals surface area (Å²) in [5.41, 5.74) is 3.06. The van der Waals surface area contributed by atoms with Gasteiger partial charge in [-0.3, -0.25) is 4.79 Å². The molecule has 2 atom stereocenters. The Hall–Kier alpha value is -2.86. The van der Waals surface area contributed by atoms with E-state index >= 15 is 0 Å². The second kappa shape index (κ2) is 7.40. The number of ether oxygens (including phenoxy) is 1. The van der Waals surface area contributed by atoms with E-state index in [2.05, 4.69) is 10.3 Å². The molecule has 6 heteroatoms. The number of nitrogens with zero attached hydrogens (tertiary/aromatic N) is 1. The van der Waals surface area contributed by atoms with Gasteiger partial charge in [-0.25, -0.2) is 4.98 Å². The van der Waals surface area contributed by atoms with Crippen LogP contribution in [0.4, 0.5) is 5.69 Å². The average molecular weight is 380 g/mol. The Bertz CT molecular complexity index is 938. The number of para-hydroxylation sites is 1. The number of aromatic nitrogens is 1. The zero-order valence-corrected chi connectivity index (χ0v) is 15.7. The second-order valence-corrected chi connectivity index (χ2v) is 7.71. The summed E-state index contributed by atoms with van der Waals surface area (Å²) in [6.07, 6.45) is 0.742. The normalized spacial score (nSPS) is 18.1. The van der Waals surface area contributed by atoms with Gasteiger partial charge in [-0.15, -0.1) is 0 Å². The second-order valence-electron chi connectivity index (χ2n) is 6.67. The first-order valence-electron chi connectivity index (χ1n) is 8.86. The molecule has 2 aromatic carbocycles. The van der Waals surface area contributed by atoms with Gasteiger partial charge in [-0.05, 0) is 49.1 Å². The zero-order valence-electron chi connectivity index (χ0n) is 14.9. The van der Waals surface area contributed by atoms with Crippen molar-refractivity contribution in [2.75, 3.05) is 5.32 Å². The van der Waals surface area contributed by atoms with Gasteiger partial charge in [0.1, 0.15) is 5.75 Å². The van der Waals surface area contributed by atoms with Crippen molar-refractivity contribution in [1.82, 2.24) is 4.98 Å². The van der Waals surface area contributed by atoms with E-state index in [1.807, 2.05) is 61.5 Å². The molecular weight excluding hydrogens is 360 g/mol. The standard InChI is InChI=1S/C21H20N2O3S/c1-13-19(27-21(23-13)26-16-5-3-2-4-6-16)12-22-15-9-7-14(8-10-15)17-11-18(17)20(24)25/h2-10,17-18,22H,11-12H2,1H3,(H,24,25)/t17-,18+/m0/s1. The molecule has 138 valence electrons. The molecule has 0 radical (unpaired) electrons. The number of anilines is 1. The first-order chi connectivity index (χ1) is 13.1. The van der Waals surface area contributed by atoms with E-state index in [0.29, 0.717) is 11.7 Å². The minimum absolute atomic E-state index is 0.165. The van der Waals surface area contributed by atoms with Crippen LogP contribution >= 0.6 is 11.3 Å². The van der Waals surface area contributed by atoms with Crippen molar-refractivity contribution in [3.8, 4) is 10.9 Å². The largest absolute Gasteiger partial charge is 0.481 e. The van der Waals surface area contributed by atoms with Gasteiger partial charge < -0.3 is 15.2 Å². The number of rotatable bonds is 7. The Morgan fingerprint density at radius 3 is 2.63 bits per heavy atom. The molecule has 0 unspecified atom stereocenters. The highest BCUT2D eigenvalue weighted by atomic mass is 32.1. The van der Waals surface area contributed by atoms with Crippen molar-refractivity contribution in [3.63, 3.8) is 0 Å². The lowest BCUT2D eigenvalue weighted by atomic mass is 10.1. The maximum absolute atomic E-state index is 11.0. The fourth-order valence-corrected chi connectivity index (χ4v) is 3.93. The quantitative estimate of drug-likeness (QED) is 0.600. The van der Waals surface area contributed by atoms with E-state index in [-0.39, 0.29) is 11.8 Å². The number of benzene rings is 2. The molecular formula is C21H20N2O3S. The number of hydrogen-bond donors (Lipinski definition) is 2. The fraction of sp³-hybridized carbons (Fsp3) is 0.238. The fourth-order valence-electron chi connectivity index (χ4n) is 3.07. The topological polar surface area (TPSA) is 71.5 Å². The summed E-state index contributed by atoms with van der Waals surface area (Å²) in [5.74, 6) is 0.0298. The number of carboxylic acid groups (broad SMARTS) is 1. The summed E-state index contributed by atoms with van der Waals surface area (Å²) in [4.78, 5) is 16.6. The molecule has 5 nitrogen and oxygen atoms in total. The Labute approximate surface area is 161 Å². The third-order valence-corrected chi connectivity index (χ3v) is 5.76. The summed E-state index contributed by atoms with van der Waals surface area (Å²) < 4.78 is 5.80. The Morgan fingerprint density at radius 2 is 1.96 bits per heavy atom. The summed E-state index contributed by atoms with van der Waals surface area (Å²) in [5, 5.41) is 13.1. The molecule has 1 aliphatic carbocycles. The van der Waals surface area contributed by atoms with Crippen LogP contribution in [-0.4, -0.2) is 16.1 Å². The predicted octanol–water partition coefficient (Wildman–Crippen LogP) is 5.04. The third kappa shape index (κ3) is 4.11. The number of carboxylic acids is 1. The summed E-state index contributed by atoms with van der Waals surface area (Å²) in [7, 11) is 0. The summed E-state index contributed by atoms with van der Waals surface area (Å²) >= 11 is 1.53. The molecule has 3 aromatic rings. The number of hydrogen-bond acceptors (Lipinski definition) is 5.